The number of hydrogen-bond acceptors (Lipinski definition) is 4. The molecule has 0 saturated heterocycles. The minimum absolute atomic E-state index is 0.0236. The SMILES string of the molecule is Nc1c(F)c(C(F)(F)F)c(-c2ccc3nc(NC=O)cn3c2)c2cn[nH]c12. The van der Waals surface area contributed by atoms with Crippen molar-refractivity contribution in [2.24, 2.45) is 0 Å². The number of H-pyrrole nitrogens is 1. The van der Waals surface area contributed by atoms with Gasteiger partial charge in [0.1, 0.15) is 11.2 Å². The average Bonchev–Trinajstić information content (AvgIpc) is 3.22. The summed E-state index contributed by atoms with van der Waals surface area (Å²) in [7, 11) is 0. The second-order valence-corrected chi connectivity index (χ2v) is 5.71. The van der Waals surface area contributed by atoms with E-state index in [0.29, 0.717) is 12.1 Å². The lowest BCUT2D eigenvalue weighted by atomic mass is 9.95. The zero-order valence-electron chi connectivity index (χ0n) is 13.3. The number of halogens is 4. The molecule has 3 aromatic heterocycles. The molecule has 0 aliphatic heterocycles. The lowest BCUT2D eigenvalue weighted by Crippen LogP contribution is -2.13. The molecular weight excluding hydrogens is 368 g/mol. The van der Waals surface area contributed by atoms with Gasteiger partial charge >= 0.3 is 6.18 Å². The van der Waals surface area contributed by atoms with E-state index in [0.717, 1.165) is 6.20 Å². The van der Waals surface area contributed by atoms with E-state index in [1.807, 2.05) is 0 Å². The van der Waals surface area contributed by atoms with E-state index in [4.69, 9.17) is 5.73 Å². The van der Waals surface area contributed by atoms with E-state index >= 15 is 0 Å². The predicted octanol–water partition coefficient (Wildman–Crippen LogP) is 3.19. The molecule has 1 aromatic carbocycles. The molecule has 7 nitrogen and oxygen atoms in total. The van der Waals surface area contributed by atoms with Crippen molar-refractivity contribution in [3.8, 4) is 11.1 Å². The molecular formula is C16H10F4N6O. The van der Waals surface area contributed by atoms with Crippen LogP contribution >= 0.6 is 0 Å². The third-order valence-corrected chi connectivity index (χ3v) is 4.11. The minimum Gasteiger partial charge on any atom is -0.395 e. The highest BCUT2D eigenvalue weighted by Gasteiger charge is 2.40. The summed E-state index contributed by atoms with van der Waals surface area (Å²) >= 11 is 0. The number of nitrogens with one attached hydrogen (secondary N) is 2. The average molecular weight is 378 g/mol. The second kappa shape index (κ2) is 5.69. The fourth-order valence-corrected chi connectivity index (χ4v) is 3.01. The molecule has 0 aliphatic rings. The monoisotopic (exact) mass is 378 g/mol. The number of nitrogens with two attached hydrogens (primary N) is 1. The Bertz CT molecular complexity index is 1190. The van der Waals surface area contributed by atoms with Crippen LogP contribution in [0.25, 0.3) is 27.7 Å². The van der Waals surface area contributed by atoms with E-state index in [1.165, 1.54) is 28.9 Å². The van der Waals surface area contributed by atoms with Crippen molar-refractivity contribution in [3.05, 3.63) is 42.1 Å². The molecule has 0 unspecified atom stereocenters. The molecule has 0 radical (unpaired) electrons. The molecule has 0 spiro atoms. The van der Waals surface area contributed by atoms with Gasteiger partial charge in [-0.2, -0.15) is 18.3 Å². The highest BCUT2D eigenvalue weighted by Crippen LogP contribution is 2.45. The molecule has 0 fully saturated rings. The van der Waals surface area contributed by atoms with Crippen LogP contribution in [0.1, 0.15) is 5.56 Å². The van der Waals surface area contributed by atoms with Gasteiger partial charge in [0, 0.05) is 17.1 Å². The van der Waals surface area contributed by atoms with Crippen LogP contribution in [0.2, 0.25) is 0 Å². The number of alkyl halides is 3. The number of rotatable bonds is 3. The molecule has 0 atom stereocenters. The Hall–Kier alpha value is -3.63. The number of pyridine rings is 1. The normalized spacial score (nSPS) is 12.0. The summed E-state index contributed by atoms with van der Waals surface area (Å²) in [6, 6.07) is 2.82. The third-order valence-electron chi connectivity index (χ3n) is 4.11. The van der Waals surface area contributed by atoms with Crippen LogP contribution in [0.3, 0.4) is 0 Å². The van der Waals surface area contributed by atoms with Gasteiger partial charge in [0.2, 0.25) is 6.41 Å². The number of aromatic amines is 1. The fraction of sp³-hybridized carbons (Fsp3) is 0.0625. The first-order valence-electron chi connectivity index (χ1n) is 7.51. The molecule has 3 heterocycles. The predicted molar refractivity (Wildman–Crippen MR) is 89.3 cm³/mol. The lowest BCUT2D eigenvalue weighted by molar-refractivity contribution is -0.139. The van der Waals surface area contributed by atoms with Crippen LogP contribution in [-0.4, -0.2) is 26.0 Å². The number of fused-ring (bicyclic) bond motifs is 2. The highest BCUT2D eigenvalue weighted by molar-refractivity contribution is 6.02. The minimum atomic E-state index is -4.98. The number of hydrogen-bond donors (Lipinski definition) is 3. The Balaban J connectivity index is 2.06. The van der Waals surface area contributed by atoms with E-state index in [9.17, 15) is 22.4 Å². The summed E-state index contributed by atoms with van der Waals surface area (Å²) in [5.41, 5.74) is 3.46. The van der Waals surface area contributed by atoms with Gasteiger partial charge in [-0.25, -0.2) is 9.37 Å². The fourth-order valence-electron chi connectivity index (χ4n) is 3.01. The summed E-state index contributed by atoms with van der Waals surface area (Å²) < 4.78 is 56.8. The van der Waals surface area contributed by atoms with E-state index in [-0.39, 0.29) is 22.3 Å². The zero-order valence-corrected chi connectivity index (χ0v) is 13.3. The molecule has 27 heavy (non-hydrogen) atoms. The summed E-state index contributed by atoms with van der Waals surface area (Å²) in [4.78, 5) is 14.6. The Labute approximate surface area is 147 Å². The smallest absolute Gasteiger partial charge is 0.395 e. The van der Waals surface area contributed by atoms with Crippen LogP contribution in [0.4, 0.5) is 29.1 Å². The number of nitrogen functional groups attached to an aromatic ring is 1. The van der Waals surface area contributed by atoms with E-state index < -0.39 is 28.8 Å². The van der Waals surface area contributed by atoms with Crippen LogP contribution in [0, 0.1) is 5.82 Å². The van der Waals surface area contributed by atoms with Gasteiger partial charge in [-0.15, -0.1) is 0 Å². The van der Waals surface area contributed by atoms with Crippen LogP contribution in [0.15, 0.2) is 30.7 Å². The maximum Gasteiger partial charge on any atom is 0.419 e. The van der Waals surface area contributed by atoms with Crippen LogP contribution in [0.5, 0.6) is 0 Å². The molecule has 4 rings (SSSR count). The van der Waals surface area contributed by atoms with E-state index in [2.05, 4.69) is 20.5 Å². The van der Waals surface area contributed by atoms with Gasteiger partial charge in [0.15, 0.2) is 11.6 Å². The van der Waals surface area contributed by atoms with Gasteiger partial charge in [0.05, 0.1) is 23.6 Å². The summed E-state index contributed by atoms with van der Waals surface area (Å²) in [6.45, 7) is 0. The maximum absolute atomic E-state index is 14.5. The second-order valence-electron chi connectivity index (χ2n) is 5.71. The molecule has 4 aromatic rings. The van der Waals surface area contributed by atoms with Gasteiger partial charge in [-0.3, -0.25) is 9.89 Å². The van der Waals surface area contributed by atoms with Crippen molar-refractivity contribution in [2.45, 2.75) is 6.18 Å². The number of anilines is 2. The molecule has 138 valence electrons. The molecule has 0 saturated carbocycles. The van der Waals surface area contributed by atoms with Crippen molar-refractivity contribution in [2.75, 3.05) is 11.1 Å². The Morgan fingerprint density at radius 3 is 2.74 bits per heavy atom. The maximum atomic E-state index is 14.5. The molecule has 1 amide bonds. The summed E-state index contributed by atoms with van der Waals surface area (Å²) in [6.07, 6.45) is -0.624. The third kappa shape index (κ3) is 2.55. The summed E-state index contributed by atoms with van der Waals surface area (Å²) in [5.74, 6) is -1.35. The number of benzene rings is 1. The number of carbonyl (C=O) groups excluding carboxylic acids is 1. The molecule has 0 aliphatic carbocycles. The highest BCUT2D eigenvalue weighted by atomic mass is 19.4. The number of imidazole rings is 1. The first-order valence-corrected chi connectivity index (χ1v) is 7.51. The molecule has 0 bridgehead atoms. The van der Waals surface area contributed by atoms with E-state index in [1.54, 1.807) is 0 Å². The molecule has 11 heteroatoms. The van der Waals surface area contributed by atoms with Crippen LogP contribution in [-0.2, 0) is 11.0 Å². The van der Waals surface area contributed by atoms with Crippen molar-refractivity contribution in [3.63, 3.8) is 0 Å². The lowest BCUT2D eigenvalue weighted by Gasteiger charge is -2.17. The van der Waals surface area contributed by atoms with Gasteiger partial charge < -0.3 is 15.5 Å². The Morgan fingerprint density at radius 1 is 1.26 bits per heavy atom. The van der Waals surface area contributed by atoms with Crippen molar-refractivity contribution >= 4 is 34.5 Å². The van der Waals surface area contributed by atoms with Crippen molar-refractivity contribution < 1.29 is 22.4 Å². The number of carbonyl (C=O) groups is 1. The van der Waals surface area contributed by atoms with Gasteiger partial charge in [-0.05, 0) is 17.7 Å². The standard InChI is InChI=1S/C16H10F4N6O/c17-13-12(16(18,19)20)11(8-3-23-25-15(8)14(13)21)7-1-2-10-24-9(22-6-27)5-26(10)4-7/h1-6H,21H2,(H,22,27)(H,23,25). The van der Waals surface area contributed by atoms with Gasteiger partial charge in [-0.1, -0.05) is 0 Å². The first kappa shape index (κ1) is 16.8. The topological polar surface area (TPSA) is 101 Å². The number of amides is 1. The summed E-state index contributed by atoms with van der Waals surface area (Å²) in [5, 5.41) is 8.51. The number of aromatic nitrogens is 4. The Morgan fingerprint density at radius 2 is 2.04 bits per heavy atom. The van der Waals surface area contributed by atoms with Crippen molar-refractivity contribution in [1.82, 2.24) is 19.6 Å². The van der Waals surface area contributed by atoms with Crippen LogP contribution < -0.4 is 11.1 Å². The Kier molecular flexibility index (Phi) is 3.54. The quantitative estimate of drug-likeness (QED) is 0.290. The van der Waals surface area contributed by atoms with Gasteiger partial charge in [0.25, 0.3) is 0 Å². The molecule has 4 N–H and O–H groups in total. The van der Waals surface area contributed by atoms with Crippen molar-refractivity contribution in [1.29, 1.82) is 0 Å². The largest absolute Gasteiger partial charge is 0.419 e. The number of nitrogens with zero attached hydrogens (tertiary/aromatic N) is 3. The first-order chi connectivity index (χ1) is 12.8. The zero-order chi connectivity index (χ0) is 19.3.